The van der Waals surface area contributed by atoms with Crippen molar-refractivity contribution >= 4 is 11.6 Å². The van der Waals surface area contributed by atoms with Gasteiger partial charge >= 0.3 is 6.18 Å². The molecule has 1 aromatic rings. The van der Waals surface area contributed by atoms with Gasteiger partial charge in [-0.3, -0.25) is 4.79 Å². The van der Waals surface area contributed by atoms with Gasteiger partial charge < -0.3 is 20.1 Å². The average Bonchev–Trinajstić information content (AvgIpc) is 2.60. The standard InChI is InChI=1S/C19H27F3N2O3/c1-12(23-14-6-4-5-13(10-14)19(20,21)22)9-18(25)24-16-11-15(26-2)7-8-17(16)27-3/h7-8,11-14,23H,4-6,9-10H2,1-3H3,(H,24,25). The van der Waals surface area contributed by atoms with Crippen LogP contribution < -0.4 is 20.1 Å². The Bertz CT molecular complexity index is 637. The molecule has 5 nitrogen and oxygen atoms in total. The molecule has 1 saturated carbocycles. The summed E-state index contributed by atoms with van der Waals surface area (Å²) in [6.07, 6.45) is -2.51. The van der Waals surface area contributed by atoms with Crippen LogP contribution in [0, 0.1) is 5.92 Å². The van der Waals surface area contributed by atoms with Crippen molar-refractivity contribution in [2.75, 3.05) is 19.5 Å². The Hall–Kier alpha value is -1.96. The molecule has 8 heteroatoms. The quantitative estimate of drug-likeness (QED) is 0.737. The summed E-state index contributed by atoms with van der Waals surface area (Å²) in [5, 5.41) is 5.95. The minimum absolute atomic E-state index is 0.0686. The number of amides is 1. The molecule has 2 N–H and O–H groups in total. The van der Waals surface area contributed by atoms with Gasteiger partial charge in [-0.15, -0.1) is 0 Å². The number of alkyl halides is 3. The van der Waals surface area contributed by atoms with Crippen molar-refractivity contribution in [3.8, 4) is 11.5 Å². The molecule has 0 radical (unpaired) electrons. The summed E-state index contributed by atoms with van der Waals surface area (Å²) in [6, 6.07) is 4.61. The second-order valence-electron chi connectivity index (χ2n) is 6.99. The number of ether oxygens (including phenoxy) is 2. The molecule has 3 atom stereocenters. The third-order valence-electron chi connectivity index (χ3n) is 4.83. The molecular weight excluding hydrogens is 361 g/mol. The Balaban J connectivity index is 1.89. The van der Waals surface area contributed by atoms with E-state index in [0.29, 0.717) is 30.0 Å². The number of methoxy groups -OCH3 is 2. The highest BCUT2D eigenvalue weighted by molar-refractivity contribution is 5.92. The molecule has 3 unspecified atom stereocenters. The van der Waals surface area contributed by atoms with E-state index in [2.05, 4.69) is 10.6 Å². The summed E-state index contributed by atoms with van der Waals surface area (Å²) in [5.41, 5.74) is 0.490. The first-order chi connectivity index (χ1) is 12.7. The Morgan fingerprint density at radius 3 is 2.63 bits per heavy atom. The van der Waals surface area contributed by atoms with Gasteiger partial charge in [0, 0.05) is 24.6 Å². The van der Waals surface area contributed by atoms with Crippen molar-refractivity contribution in [1.29, 1.82) is 0 Å². The van der Waals surface area contributed by atoms with Crippen LogP contribution in [0.1, 0.15) is 39.0 Å². The van der Waals surface area contributed by atoms with Gasteiger partial charge in [0.25, 0.3) is 0 Å². The summed E-state index contributed by atoms with van der Waals surface area (Å²) in [7, 11) is 3.03. The number of carbonyl (C=O) groups is 1. The zero-order chi connectivity index (χ0) is 20.0. The van der Waals surface area contributed by atoms with Crippen molar-refractivity contribution < 1.29 is 27.4 Å². The maximum Gasteiger partial charge on any atom is 0.391 e. The number of rotatable bonds is 7. The fraction of sp³-hybridized carbons (Fsp3) is 0.632. The molecule has 0 aliphatic heterocycles. The fourth-order valence-corrected chi connectivity index (χ4v) is 3.49. The summed E-state index contributed by atoms with van der Waals surface area (Å²) in [5.74, 6) is -0.418. The Morgan fingerprint density at radius 1 is 1.26 bits per heavy atom. The predicted molar refractivity (Wildman–Crippen MR) is 97.2 cm³/mol. The largest absolute Gasteiger partial charge is 0.497 e. The number of anilines is 1. The van der Waals surface area contributed by atoms with Crippen molar-refractivity contribution in [2.45, 2.75) is 57.3 Å². The van der Waals surface area contributed by atoms with Crippen LogP contribution in [0.5, 0.6) is 11.5 Å². The molecule has 1 aliphatic rings. The maximum atomic E-state index is 12.9. The normalized spacial score (nSPS) is 21.4. The molecule has 1 fully saturated rings. The van der Waals surface area contributed by atoms with Gasteiger partial charge in [-0.05, 0) is 38.3 Å². The van der Waals surface area contributed by atoms with Crippen LogP contribution in [0.15, 0.2) is 18.2 Å². The van der Waals surface area contributed by atoms with Crippen molar-refractivity contribution in [3.63, 3.8) is 0 Å². The lowest BCUT2D eigenvalue weighted by atomic mass is 9.85. The molecule has 1 aromatic carbocycles. The molecule has 1 amide bonds. The number of nitrogens with one attached hydrogen (secondary N) is 2. The zero-order valence-electron chi connectivity index (χ0n) is 15.9. The lowest BCUT2D eigenvalue weighted by Gasteiger charge is -2.32. The smallest absolute Gasteiger partial charge is 0.391 e. The summed E-state index contributed by atoms with van der Waals surface area (Å²) in [4.78, 5) is 12.3. The van der Waals surface area contributed by atoms with E-state index in [-0.39, 0.29) is 37.3 Å². The van der Waals surface area contributed by atoms with Crippen LogP contribution in [0.4, 0.5) is 18.9 Å². The fourth-order valence-electron chi connectivity index (χ4n) is 3.49. The number of hydrogen-bond acceptors (Lipinski definition) is 4. The number of carbonyl (C=O) groups excluding carboxylic acids is 1. The Labute approximate surface area is 157 Å². The van der Waals surface area contributed by atoms with Gasteiger partial charge in [0.1, 0.15) is 11.5 Å². The molecular formula is C19H27F3N2O3. The molecule has 0 spiro atoms. The van der Waals surface area contributed by atoms with Crippen LogP contribution >= 0.6 is 0 Å². The average molecular weight is 388 g/mol. The monoisotopic (exact) mass is 388 g/mol. The Kier molecular flexibility index (Phi) is 7.35. The minimum atomic E-state index is -4.15. The van der Waals surface area contributed by atoms with E-state index in [1.807, 2.05) is 0 Å². The van der Waals surface area contributed by atoms with E-state index >= 15 is 0 Å². The van der Waals surface area contributed by atoms with E-state index < -0.39 is 12.1 Å². The lowest BCUT2D eigenvalue weighted by Crippen LogP contribution is -2.43. The predicted octanol–water partition coefficient (Wildman–Crippen LogP) is 4.13. The number of halogens is 3. The molecule has 1 aliphatic carbocycles. The SMILES string of the molecule is COc1ccc(OC)c(NC(=O)CC(C)NC2CCCC(C(F)(F)F)C2)c1. The van der Waals surface area contributed by atoms with Gasteiger partial charge in [-0.25, -0.2) is 0 Å². The van der Waals surface area contributed by atoms with Gasteiger partial charge in [0.05, 0.1) is 25.8 Å². The third-order valence-corrected chi connectivity index (χ3v) is 4.83. The first-order valence-corrected chi connectivity index (χ1v) is 9.07. The van der Waals surface area contributed by atoms with E-state index in [0.717, 1.165) is 0 Å². The zero-order valence-corrected chi connectivity index (χ0v) is 15.9. The molecule has 152 valence electrons. The minimum Gasteiger partial charge on any atom is -0.497 e. The third kappa shape index (κ3) is 6.30. The van der Waals surface area contributed by atoms with Gasteiger partial charge in [-0.1, -0.05) is 6.42 Å². The maximum absolute atomic E-state index is 12.9. The highest BCUT2D eigenvalue weighted by Crippen LogP contribution is 2.37. The topological polar surface area (TPSA) is 59.6 Å². The van der Waals surface area contributed by atoms with E-state index in [9.17, 15) is 18.0 Å². The Morgan fingerprint density at radius 2 is 2.00 bits per heavy atom. The molecule has 0 saturated heterocycles. The molecule has 0 aromatic heterocycles. The lowest BCUT2D eigenvalue weighted by molar-refractivity contribution is -0.183. The second-order valence-corrected chi connectivity index (χ2v) is 6.99. The first-order valence-electron chi connectivity index (χ1n) is 9.07. The van der Waals surface area contributed by atoms with E-state index in [4.69, 9.17) is 9.47 Å². The van der Waals surface area contributed by atoms with E-state index in [1.54, 1.807) is 25.1 Å². The summed E-state index contributed by atoms with van der Waals surface area (Å²) >= 11 is 0. The van der Waals surface area contributed by atoms with Crippen LogP contribution in [0.3, 0.4) is 0 Å². The molecule has 0 heterocycles. The second kappa shape index (κ2) is 9.30. The van der Waals surface area contributed by atoms with Crippen LogP contribution in [0.2, 0.25) is 0 Å². The van der Waals surface area contributed by atoms with E-state index in [1.165, 1.54) is 14.2 Å². The van der Waals surface area contributed by atoms with Crippen LogP contribution in [0.25, 0.3) is 0 Å². The van der Waals surface area contributed by atoms with Crippen molar-refractivity contribution in [2.24, 2.45) is 5.92 Å². The van der Waals surface area contributed by atoms with Crippen molar-refractivity contribution in [3.05, 3.63) is 18.2 Å². The van der Waals surface area contributed by atoms with Crippen molar-refractivity contribution in [1.82, 2.24) is 5.32 Å². The van der Waals surface area contributed by atoms with Crippen LogP contribution in [-0.4, -0.2) is 38.4 Å². The van der Waals surface area contributed by atoms with Crippen LogP contribution in [-0.2, 0) is 4.79 Å². The highest BCUT2D eigenvalue weighted by Gasteiger charge is 2.42. The van der Waals surface area contributed by atoms with Gasteiger partial charge in [-0.2, -0.15) is 13.2 Å². The number of benzene rings is 1. The van der Waals surface area contributed by atoms with Gasteiger partial charge in [0.15, 0.2) is 0 Å². The summed E-state index contributed by atoms with van der Waals surface area (Å²) < 4.78 is 49.1. The number of hydrogen-bond donors (Lipinski definition) is 2. The molecule has 0 bridgehead atoms. The molecule has 27 heavy (non-hydrogen) atoms. The summed E-state index contributed by atoms with van der Waals surface area (Å²) in [6.45, 7) is 1.81. The molecule has 2 rings (SSSR count). The highest BCUT2D eigenvalue weighted by atomic mass is 19.4. The first kappa shape index (κ1) is 21.3. The van der Waals surface area contributed by atoms with Gasteiger partial charge in [0.2, 0.25) is 5.91 Å².